The summed E-state index contributed by atoms with van der Waals surface area (Å²) >= 11 is 0. The number of aryl methyl sites for hydroxylation is 1. The number of carbonyl (C=O) groups is 1. The van der Waals surface area contributed by atoms with Crippen LogP contribution in [0.25, 0.3) is 17.0 Å². The van der Waals surface area contributed by atoms with Crippen molar-refractivity contribution in [3.8, 4) is 17.2 Å². The molecule has 0 N–H and O–H groups in total. The Hall–Kier alpha value is -3.74. The van der Waals surface area contributed by atoms with E-state index >= 15 is 0 Å². The molecule has 154 valence electrons. The van der Waals surface area contributed by atoms with Crippen LogP contribution in [0.1, 0.15) is 23.8 Å². The maximum absolute atomic E-state index is 12.5. The number of rotatable bonds is 6. The van der Waals surface area contributed by atoms with Gasteiger partial charge in [0, 0.05) is 22.9 Å². The van der Waals surface area contributed by atoms with Gasteiger partial charge in [0.2, 0.25) is 11.6 Å². The van der Waals surface area contributed by atoms with E-state index in [0.717, 1.165) is 22.3 Å². The first-order valence-electron chi connectivity index (χ1n) is 9.43. The van der Waals surface area contributed by atoms with Crippen molar-refractivity contribution >= 4 is 28.9 Å². The summed E-state index contributed by atoms with van der Waals surface area (Å²) in [4.78, 5) is 16.9. The molecule has 0 amide bonds. The lowest BCUT2D eigenvalue weighted by Gasteiger charge is -2.13. The molecule has 0 spiro atoms. The summed E-state index contributed by atoms with van der Waals surface area (Å²) in [6, 6.07) is 11.1. The normalized spacial score (nSPS) is 14.7. The van der Waals surface area contributed by atoms with Gasteiger partial charge in [0.1, 0.15) is 11.3 Å². The molecule has 7 nitrogen and oxygen atoms in total. The van der Waals surface area contributed by atoms with Gasteiger partial charge in [0.05, 0.1) is 21.3 Å². The number of furan rings is 1. The zero-order chi connectivity index (χ0) is 21.3. The van der Waals surface area contributed by atoms with Crippen molar-refractivity contribution in [2.75, 3.05) is 21.3 Å². The standard InChI is InChI=1S/C23H21NO6/c1-5-17-15(14-8-6-7-9-18(14)29-17)12-16-23(25)30-22(24-16)13-10-19(26-2)21(28-4)20(11-13)27-3/h6-12H,5H2,1-4H3. The lowest BCUT2D eigenvalue weighted by atomic mass is 10.1. The smallest absolute Gasteiger partial charge is 0.363 e. The summed E-state index contributed by atoms with van der Waals surface area (Å²) in [5.41, 5.74) is 2.32. The molecule has 0 bridgehead atoms. The number of nitrogens with zero attached hydrogens (tertiary/aromatic N) is 1. The van der Waals surface area contributed by atoms with E-state index in [1.54, 1.807) is 18.2 Å². The van der Waals surface area contributed by atoms with Crippen LogP contribution in [-0.2, 0) is 16.0 Å². The fraction of sp³-hybridized carbons (Fsp3) is 0.217. The molecule has 0 unspecified atom stereocenters. The quantitative estimate of drug-likeness (QED) is 0.446. The summed E-state index contributed by atoms with van der Waals surface area (Å²) in [6.45, 7) is 2.00. The molecule has 1 aromatic heterocycles. The van der Waals surface area contributed by atoms with Crippen molar-refractivity contribution in [1.29, 1.82) is 0 Å². The molecule has 0 saturated carbocycles. The first kappa shape index (κ1) is 19.6. The van der Waals surface area contributed by atoms with Crippen LogP contribution in [0.5, 0.6) is 17.2 Å². The fourth-order valence-corrected chi connectivity index (χ4v) is 3.41. The average Bonchev–Trinajstić information content (AvgIpc) is 3.33. The molecule has 4 rings (SSSR count). The molecule has 0 aliphatic carbocycles. The number of ether oxygens (including phenoxy) is 4. The second kappa shape index (κ2) is 7.94. The van der Waals surface area contributed by atoms with Crippen LogP contribution >= 0.6 is 0 Å². The van der Waals surface area contributed by atoms with Crippen LogP contribution in [0.4, 0.5) is 0 Å². The van der Waals surface area contributed by atoms with Gasteiger partial charge in [-0.2, -0.15) is 0 Å². The van der Waals surface area contributed by atoms with Crippen LogP contribution < -0.4 is 14.2 Å². The van der Waals surface area contributed by atoms with E-state index in [0.29, 0.717) is 29.2 Å². The third-order valence-corrected chi connectivity index (χ3v) is 4.85. The van der Waals surface area contributed by atoms with Crippen molar-refractivity contribution in [1.82, 2.24) is 0 Å². The molecular formula is C23H21NO6. The van der Waals surface area contributed by atoms with Gasteiger partial charge < -0.3 is 23.4 Å². The van der Waals surface area contributed by atoms with Crippen molar-refractivity contribution < 1.29 is 28.2 Å². The Bertz CT molecular complexity index is 1160. The Morgan fingerprint density at radius 3 is 2.37 bits per heavy atom. The molecule has 1 aliphatic rings. The second-order valence-electron chi connectivity index (χ2n) is 6.54. The number of aliphatic imine (C=N–C) groups is 1. The number of esters is 1. The van der Waals surface area contributed by atoms with Crippen LogP contribution in [0.15, 0.2) is 51.5 Å². The molecule has 1 aliphatic heterocycles. The number of methoxy groups -OCH3 is 3. The van der Waals surface area contributed by atoms with Crippen LogP contribution in [0.2, 0.25) is 0 Å². The van der Waals surface area contributed by atoms with Gasteiger partial charge >= 0.3 is 5.97 Å². The maximum Gasteiger partial charge on any atom is 0.363 e. The van der Waals surface area contributed by atoms with Gasteiger partial charge in [0.15, 0.2) is 17.2 Å². The van der Waals surface area contributed by atoms with Crippen molar-refractivity contribution in [3.63, 3.8) is 0 Å². The monoisotopic (exact) mass is 407 g/mol. The van der Waals surface area contributed by atoms with E-state index in [1.165, 1.54) is 21.3 Å². The maximum atomic E-state index is 12.5. The molecule has 30 heavy (non-hydrogen) atoms. The third kappa shape index (κ3) is 3.28. The van der Waals surface area contributed by atoms with Crippen molar-refractivity contribution in [2.24, 2.45) is 4.99 Å². The van der Waals surface area contributed by atoms with Crippen molar-refractivity contribution in [2.45, 2.75) is 13.3 Å². The van der Waals surface area contributed by atoms with E-state index in [9.17, 15) is 4.79 Å². The first-order valence-corrected chi connectivity index (χ1v) is 9.43. The molecule has 2 aromatic carbocycles. The molecule has 3 aromatic rings. The predicted molar refractivity (Wildman–Crippen MR) is 112 cm³/mol. The summed E-state index contributed by atoms with van der Waals surface area (Å²) in [7, 11) is 4.56. The number of benzene rings is 2. The number of carbonyl (C=O) groups excluding carboxylic acids is 1. The lowest BCUT2D eigenvalue weighted by Crippen LogP contribution is -2.07. The van der Waals surface area contributed by atoms with Gasteiger partial charge in [-0.15, -0.1) is 0 Å². The van der Waals surface area contributed by atoms with E-state index < -0.39 is 5.97 Å². The Morgan fingerprint density at radius 1 is 1.03 bits per heavy atom. The van der Waals surface area contributed by atoms with E-state index in [-0.39, 0.29) is 11.6 Å². The summed E-state index contributed by atoms with van der Waals surface area (Å²) < 4.78 is 27.4. The molecule has 7 heteroatoms. The number of hydrogen-bond donors (Lipinski definition) is 0. The minimum atomic E-state index is -0.536. The summed E-state index contributed by atoms with van der Waals surface area (Å²) in [5, 5.41) is 0.922. The van der Waals surface area contributed by atoms with Crippen LogP contribution in [0.3, 0.4) is 0 Å². The SMILES string of the molecule is CCc1oc2ccccc2c1C=C1N=C(c2cc(OC)c(OC)c(OC)c2)OC1=O. The molecular weight excluding hydrogens is 386 g/mol. The summed E-state index contributed by atoms with van der Waals surface area (Å²) in [5.74, 6) is 1.74. The molecule has 0 radical (unpaired) electrons. The van der Waals surface area contributed by atoms with Crippen molar-refractivity contribution in [3.05, 3.63) is 59.0 Å². The molecule has 0 saturated heterocycles. The molecule has 2 heterocycles. The van der Waals surface area contributed by atoms with Gasteiger partial charge in [-0.3, -0.25) is 0 Å². The number of hydrogen-bond acceptors (Lipinski definition) is 7. The highest BCUT2D eigenvalue weighted by atomic mass is 16.6. The minimum absolute atomic E-state index is 0.163. The highest BCUT2D eigenvalue weighted by Crippen LogP contribution is 2.39. The van der Waals surface area contributed by atoms with Gasteiger partial charge in [-0.1, -0.05) is 25.1 Å². The molecule has 0 fully saturated rings. The molecule has 0 atom stereocenters. The van der Waals surface area contributed by atoms with Gasteiger partial charge in [0.25, 0.3) is 0 Å². The lowest BCUT2D eigenvalue weighted by molar-refractivity contribution is -0.129. The summed E-state index contributed by atoms with van der Waals surface area (Å²) in [6.07, 6.45) is 2.39. The van der Waals surface area contributed by atoms with E-state index in [1.807, 2.05) is 31.2 Å². The zero-order valence-electron chi connectivity index (χ0n) is 17.1. The Balaban J connectivity index is 1.79. The van der Waals surface area contributed by atoms with Gasteiger partial charge in [-0.25, -0.2) is 9.79 Å². The van der Waals surface area contributed by atoms with Crippen LogP contribution in [-0.4, -0.2) is 33.2 Å². The predicted octanol–water partition coefficient (Wildman–Crippen LogP) is 4.37. The van der Waals surface area contributed by atoms with Gasteiger partial charge in [-0.05, 0) is 24.3 Å². The topological polar surface area (TPSA) is 79.5 Å². The van der Waals surface area contributed by atoms with Crippen LogP contribution in [0, 0.1) is 0 Å². The highest BCUT2D eigenvalue weighted by molar-refractivity contribution is 6.13. The Morgan fingerprint density at radius 2 is 1.73 bits per heavy atom. The zero-order valence-corrected chi connectivity index (χ0v) is 17.1. The number of para-hydroxylation sites is 1. The average molecular weight is 407 g/mol. The first-order chi connectivity index (χ1) is 14.6. The second-order valence-corrected chi connectivity index (χ2v) is 6.54. The number of fused-ring (bicyclic) bond motifs is 1. The third-order valence-electron chi connectivity index (χ3n) is 4.85. The largest absolute Gasteiger partial charge is 0.493 e. The highest BCUT2D eigenvalue weighted by Gasteiger charge is 2.27. The number of cyclic esters (lactones) is 1. The minimum Gasteiger partial charge on any atom is -0.493 e. The Labute approximate surface area is 173 Å². The van der Waals surface area contributed by atoms with E-state index in [2.05, 4.69) is 4.99 Å². The van der Waals surface area contributed by atoms with E-state index in [4.69, 9.17) is 23.4 Å². The fourth-order valence-electron chi connectivity index (χ4n) is 3.41. The Kier molecular flexibility index (Phi) is 5.18.